The van der Waals surface area contributed by atoms with Gasteiger partial charge in [-0.25, -0.2) is 5.48 Å². The third-order valence-corrected chi connectivity index (χ3v) is 4.38. The number of carbonyl (C=O) groups excluding carboxylic acids is 1. The molecule has 0 atom stereocenters. The largest absolute Gasteiger partial charge is 0.420 e. The predicted octanol–water partition coefficient (Wildman–Crippen LogP) is 4.00. The van der Waals surface area contributed by atoms with Crippen molar-refractivity contribution in [2.75, 3.05) is 0 Å². The second kappa shape index (κ2) is 7.85. The number of hydroxylamine groups is 1. The molecule has 0 spiro atoms. The van der Waals surface area contributed by atoms with Crippen LogP contribution in [0.2, 0.25) is 0 Å². The van der Waals surface area contributed by atoms with Gasteiger partial charge in [0.05, 0.1) is 6.42 Å². The Morgan fingerprint density at radius 3 is 2.61 bits per heavy atom. The van der Waals surface area contributed by atoms with Gasteiger partial charge in [0, 0.05) is 11.6 Å². The number of nitrogens with zero attached hydrogens (tertiary/aromatic N) is 2. The average molecular weight is 371 g/mol. The topological polar surface area (TPSA) is 88.2 Å². The van der Waals surface area contributed by atoms with E-state index in [1.165, 1.54) is 16.8 Å². The molecule has 1 aromatic heterocycles. The van der Waals surface area contributed by atoms with Crippen LogP contribution >= 0.6 is 0 Å². The second-order valence-electron chi connectivity index (χ2n) is 6.25. The van der Waals surface area contributed by atoms with Crippen LogP contribution < -0.4 is 5.48 Å². The Morgan fingerprint density at radius 1 is 1.00 bits per heavy atom. The standard InChI is InChI=1S/C22H17N3O3/c26-20(25-27)13-10-15-8-11-17(12-9-15)22-24-23-21(28-22)14-18-6-3-5-16-4-1-2-7-19(16)18/h1-13,27H,14H2,(H,25,26)/b13-10+. The van der Waals surface area contributed by atoms with Crippen molar-refractivity contribution in [2.45, 2.75) is 6.42 Å². The number of aromatic nitrogens is 2. The van der Waals surface area contributed by atoms with Gasteiger partial charge >= 0.3 is 0 Å². The lowest BCUT2D eigenvalue weighted by molar-refractivity contribution is -0.124. The van der Waals surface area contributed by atoms with E-state index in [0.717, 1.165) is 16.7 Å². The summed E-state index contributed by atoms with van der Waals surface area (Å²) in [7, 11) is 0. The zero-order valence-electron chi connectivity index (χ0n) is 14.9. The van der Waals surface area contributed by atoms with Gasteiger partial charge < -0.3 is 4.42 Å². The van der Waals surface area contributed by atoms with E-state index in [4.69, 9.17) is 9.62 Å². The summed E-state index contributed by atoms with van der Waals surface area (Å²) in [5.41, 5.74) is 4.28. The number of carbonyl (C=O) groups is 1. The molecule has 0 radical (unpaired) electrons. The lowest BCUT2D eigenvalue weighted by Gasteiger charge is -2.03. The van der Waals surface area contributed by atoms with E-state index in [-0.39, 0.29) is 0 Å². The molecule has 0 fully saturated rings. The maximum atomic E-state index is 11.0. The molecule has 0 bridgehead atoms. The van der Waals surface area contributed by atoms with Gasteiger partial charge in [0.15, 0.2) is 0 Å². The summed E-state index contributed by atoms with van der Waals surface area (Å²) in [6.45, 7) is 0. The van der Waals surface area contributed by atoms with Crippen LogP contribution in [0.4, 0.5) is 0 Å². The Hall–Kier alpha value is -3.77. The Bertz CT molecular complexity index is 1140. The molecule has 4 aromatic rings. The van der Waals surface area contributed by atoms with Crippen LogP contribution in [-0.2, 0) is 11.2 Å². The van der Waals surface area contributed by atoms with E-state index in [0.29, 0.717) is 18.2 Å². The van der Waals surface area contributed by atoms with E-state index in [1.54, 1.807) is 11.6 Å². The average Bonchev–Trinajstić information content (AvgIpc) is 3.21. The fraction of sp³-hybridized carbons (Fsp3) is 0.0455. The first-order chi connectivity index (χ1) is 13.7. The molecule has 2 N–H and O–H groups in total. The number of benzene rings is 3. The lowest BCUT2D eigenvalue weighted by atomic mass is 10.0. The first-order valence-electron chi connectivity index (χ1n) is 8.74. The maximum absolute atomic E-state index is 11.0. The summed E-state index contributed by atoms with van der Waals surface area (Å²) in [6.07, 6.45) is 3.39. The third-order valence-electron chi connectivity index (χ3n) is 4.38. The fourth-order valence-electron chi connectivity index (χ4n) is 3.00. The molecule has 1 amide bonds. The minimum Gasteiger partial charge on any atom is -0.420 e. The van der Waals surface area contributed by atoms with Gasteiger partial charge in [0.2, 0.25) is 11.8 Å². The van der Waals surface area contributed by atoms with Gasteiger partial charge in [-0.2, -0.15) is 0 Å². The van der Waals surface area contributed by atoms with Gasteiger partial charge in [-0.15, -0.1) is 10.2 Å². The van der Waals surface area contributed by atoms with Crippen molar-refractivity contribution >= 4 is 22.8 Å². The van der Waals surface area contributed by atoms with Gasteiger partial charge in [0.1, 0.15) is 0 Å². The summed E-state index contributed by atoms with van der Waals surface area (Å²) in [5.74, 6) is 0.410. The summed E-state index contributed by atoms with van der Waals surface area (Å²) in [4.78, 5) is 11.0. The highest BCUT2D eigenvalue weighted by Gasteiger charge is 2.10. The molecule has 6 nitrogen and oxygen atoms in total. The Balaban J connectivity index is 1.53. The SMILES string of the molecule is O=C(/C=C/c1ccc(-c2nnc(Cc3cccc4ccccc34)o2)cc1)NO. The van der Waals surface area contributed by atoms with Crippen molar-refractivity contribution in [2.24, 2.45) is 0 Å². The molecule has 0 aliphatic rings. The molecule has 3 aromatic carbocycles. The Morgan fingerprint density at radius 2 is 1.79 bits per heavy atom. The van der Waals surface area contributed by atoms with Crippen LogP contribution in [0.5, 0.6) is 0 Å². The zero-order chi connectivity index (χ0) is 19.3. The zero-order valence-corrected chi connectivity index (χ0v) is 14.9. The van der Waals surface area contributed by atoms with Crippen molar-refractivity contribution < 1.29 is 14.4 Å². The number of hydrogen-bond donors (Lipinski definition) is 2. The maximum Gasteiger partial charge on any atom is 0.267 e. The van der Waals surface area contributed by atoms with Gasteiger partial charge in [-0.3, -0.25) is 10.0 Å². The Kier molecular flexibility index (Phi) is 4.95. The molecule has 6 heteroatoms. The summed E-state index contributed by atoms with van der Waals surface area (Å²) in [5, 5.41) is 19.2. The van der Waals surface area contributed by atoms with Crippen molar-refractivity contribution in [3.8, 4) is 11.5 Å². The molecule has 0 aliphatic heterocycles. The monoisotopic (exact) mass is 371 g/mol. The molecule has 138 valence electrons. The van der Waals surface area contributed by atoms with Gasteiger partial charge in [-0.05, 0) is 40.1 Å². The van der Waals surface area contributed by atoms with Crippen LogP contribution in [0, 0.1) is 0 Å². The summed E-state index contributed by atoms with van der Waals surface area (Å²) in [6, 6.07) is 21.7. The van der Waals surface area contributed by atoms with Crippen LogP contribution in [0.15, 0.2) is 77.2 Å². The smallest absolute Gasteiger partial charge is 0.267 e. The highest BCUT2D eigenvalue weighted by molar-refractivity contribution is 5.90. The fourth-order valence-corrected chi connectivity index (χ4v) is 3.00. The number of rotatable bonds is 5. The second-order valence-corrected chi connectivity index (χ2v) is 6.25. The van der Waals surface area contributed by atoms with E-state index in [2.05, 4.69) is 34.5 Å². The van der Waals surface area contributed by atoms with Crippen LogP contribution in [0.25, 0.3) is 28.3 Å². The molecule has 0 saturated carbocycles. The van der Waals surface area contributed by atoms with Crippen LogP contribution in [0.3, 0.4) is 0 Å². The number of amides is 1. The summed E-state index contributed by atoms with van der Waals surface area (Å²) >= 11 is 0. The van der Waals surface area contributed by atoms with Crippen molar-refractivity contribution in [3.05, 3.63) is 89.8 Å². The van der Waals surface area contributed by atoms with Crippen molar-refractivity contribution in [1.82, 2.24) is 15.7 Å². The van der Waals surface area contributed by atoms with Crippen molar-refractivity contribution in [3.63, 3.8) is 0 Å². The molecule has 0 saturated heterocycles. The number of hydrogen-bond acceptors (Lipinski definition) is 5. The highest BCUT2D eigenvalue weighted by Crippen LogP contribution is 2.23. The van der Waals surface area contributed by atoms with E-state index in [9.17, 15) is 4.79 Å². The Labute approximate surface area is 161 Å². The van der Waals surface area contributed by atoms with E-state index < -0.39 is 5.91 Å². The quantitative estimate of drug-likeness (QED) is 0.314. The van der Waals surface area contributed by atoms with Gasteiger partial charge in [-0.1, -0.05) is 54.6 Å². The molecule has 1 heterocycles. The third kappa shape index (κ3) is 3.82. The first-order valence-corrected chi connectivity index (χ1v) is 8.74. The van der Waals surface area contributed by atoms with E-state index >= 15 is 0 Å². The summed E-state index contributed by atoms with van der Waals surface area (Å²) < 4.78 is 5.84. The van der Waals surface area contributed by atoms with Crippen molar-refractivity contribution in [1.29, 1.82) is 0 Å². The molecular weight excluding hydrogens is 354 g/mol. The minimum atomic E-state index is -0.584. The molecule has 28 heavy (non-hydrogen) atoms. The minimum absolute atomic E-state index is 0.443. The highest BCUT2D eigenvalue weighted by atomic mass is 16.5. The lowest BCUT2D eigenvalue weighted by Crippen LogP contribution is -2.14. The molecular formula is C22H17N3O3. The van der Waals surface area contributed by atoms with Gasteiger partial charge in [0.25, 0.3) is 5.91 Å². The molecule has 0 aliphatic carbocycles. The van der Waals surface area contributed by atoms with Crippen LogP contribution in [0.1, 0.15) is 17.0 Å². The molecule has 4 rings (SSSR count). The van der Waals surface area contributed by atoms with E-state index in [1.807, 2.05) is 42.5 Å². The first kappa shape index (κ1) is 17.6. The number of fused-ring (bicyclic) bond motifs is 1. The normalized spacial score (nSPS) is 11.2. The number of nitrogens with one attached hydrogen (secondary N) is 1. The van der Waals surface area contributed by atoms with Crippen LogP contribution in [-0.4, -0.2) is 21.3 Å². The molecule has 0 unspecified atom stereocenters. The predicted molar refractivity (Wildman–Crippen MR) is 105 cm³/mol.